The first-order valence-electron chi connectivity index (χ1n) is 6.25. The second-order valence-corrected chi connectivity index (χ2v) is 7.13. The molecule has 1 saturated carbocycles. The van der Waals surface area contributed by atoms with Gasteiger partial charge in [0.2, 0.25) is 10.0 Å². The summed E-state index contributed by atoms with van der Waals surface area (Å²) in [7, 11) is -3.11. The summed E-state index contributed by atoms with van der Waals surface area (Å²) in [5.41, 5.74) is 5.35. The fourth-order valence-corrected chi connectivity index (χ4v) is 3.88. The summed E-state index contributed by atoms with van der Waals surface area (Å²) in [6.45, 7) is 0.437. The van der Waals surface area contributed by atoms with Crippen molar-refractivity contribution in [3.8, 4) is 0 Å². The van der Waals surface area contributed by atoms with E-state index >= 15 is 0 Å². The maximum Gasteiger partial charge on any atom is 0.211 e. The first-order valence-corrected chi connectivity index (χ1v) is 8.31. The first-order chi connectivity index (χ1) is 7.99. The Bertz CT molecular complexity index is 335. The molecule has 100 valence electrons. The van der Waals surface area contributed by atoms with Crippen LogP contribution in [0.1, 0.15) is 44.9 Å². The molecule has 3 N–H and O–H groups in total. The van der Waals surface area contributed by atoms with E-state index in [-0.39, 0.29) is 5.75 Å². The van der Waals surface area contributed by atoms with Crippen molar-refractivity contribution in [1.29, 1.82) is 0 Å². The SMILES string of the molecule is NC(=S)CCCNS(=O)(=O)CC1CCCCC1. The van der Waals surface area contributed by atoms with Crippen LogP contribution in [-0.4, -0.2) is 25.7 Å². The zero-order chi connectivity index (χ0) is 12.7. The average molecular weight is 278 g/mol. The third-order valence-electron chi connectivity index (χ3n) is 3.10. The summed E-state index contributed by atoms with van der Waals surface area (Å²) >= 11 is 4.73. The van der Waals surface area contributed by atoms with E-state index in [1.165, 1.54) is 19.3 Å². The van der Waals surface area contributed by atoms with Crippen molar-refractivity contribution in [2.24, 2.45) is 11.7 Å². The van der Waals surface area contributed by atoms with E-state index in [4.69, 9.17) is 18.0 Å². The molecule has 0 heterocycles. The summed E-state index contributed by atoms with van der Waals surface area (Å²) in [5.74, 6) is 0.622. The van der Waals surface area contributed by atoms with Gasteiger partial charge in [0, 0.05) is 6.54 Å². The van der Waals surface area contributed by atoms with Crippen molar-refractivity contribution in [2.45, 2.75) is 44.9 Å². The lowest BCUT2D eigenvalue weighted by atomic mass is 9.91. The molecular formula is C11H22N2O2S2. The molecule has 0 saturated heterocycles. The second-order valence-electron chi connectivity index (χ2n) is 4.75. The number of nitrogens with two attached hydrogens (primary N) is 1. The predicted molar refractivity (Wildman–Crippen MR) is 74.4 cm³/mol. The van der Waals surface area contributed by atoms with Crippen LogP contribution in [0, 0.1) is 5.92 Å². The minimum absolute atomic E-state index is 0.278. The molecule has 0 spiro atoms. The Labute approximate surface area is 109 Å². The summed E-state index contributed by atoms with van der Waals surface area (Å²) < 4.78 is 26.2. The molecule has 1 aliphatic rings. The van der Waals surface area contributed by atoms with Gasteiger partial charge in [-0.25, -0.2) is 13.1 Å². The standard InChI is InChI=1S/C11H22N2O2S2/c12-11(16)7-4-8-13-17(14,15)9-10-5-2-1-3-6-10/h10,13H,1-9H2,(H2,12,16). The molecule has 0 radical (unpaired) electrons. The van der Waals surface area contributed by atoms with Crippen LogP contribution >= 0.6 is 12.2 Å². The van der Waals surface area contributed by atoms with Crippen molar-refractivity contribution < 1.29 is 8.42 Å². The van der Waals surface area contributed by atoms with Gasteiger partial charge in [0.25, 0.3) is 0 Å². The van der Waals surface area contributed by atoms with Gasteiger partial charge in [-0.3, -0.25) is 0 Å². The largest absolute Gasteiger partial charge is 0.393 e. The zero-order valence-electron chi connectivity index (χ0n) is 10.2. The Morgan fingerprint density at radius 2 is 1.94 bits per heavy atom. The minimum atomic E-state index is -3.11. The minimum Gasteiger partial charge on any atom is -0.393 e. The van der Waals surface area contributed by atoms with Gasteiger partial charge in [-0.15, -0.1) is 0 Å². The summed E-state index contributed by atoms with van der Waals surface area (Å²) in [4.78, 5) is 0.441. The molecule has 1 rings (SSSR count). The molecule has 0 aromatic rings. The molecular weight excluding hydrogens is 256 g/mol. The average Bonchev–Trinajstić information content (AvgIpc) is 2.25. The highest BCUT2D eigenvalue weighted by Gasteiger charge is 2.20. The van der Waals surface area contributed by atoms with Crippen LogP contribution in [0.4, 0.5) is 0 Å². The molecule has 0 bridgehead atoms. The van der Waals surface area contributed by atoms with E-state index in [1.807, 2.05) is 0 Å². The normalized spacial score (nSPS) is 18.1. The van der Waals surface area contributed by atoms with Gasteiger partial charge >= 0.3 is 0 Å². The van der Waals surface area contributed by atoms with E-state index in [1.54, 1.807) is 0 Å². The molecule has 1 fully saturated rings. The van der Waals surface area contributed by atoms with Gasteiger partial charge in [0.05, 0.1) is 10.7 Å². The highest BCUT2D eigenvalue weighted by Crippen LogP contribution is 2.24. The molecule has 4 nitrogen and oxygen atoms in total. The lowest BCUT2D eigenvalue weighted by Crippen LogP contribution is -2.31. The van der Waals surface area contributed by atoms with Crippen LogP contribution in [-0.2, 0) is 10.0 Å². The zero-order valence-corrected chi connectivity index (χ0v) is 11.8. The third kappa shape index (κ3) is 6.95. The molecule has 0 unspecified atom stereocenters. The first kappa shape index (κ1) is 14.9. The smallest absolute Gasteiger partial charge is 0.211 e. The van der Waals surface area contributed by atoms with E-state index in [0.29, 0.717) is 30.3 Å². The predicted octanol–water partition coefficient (Wildman–Crippen LogP) is 1.55. The number of hydrogen-bond donors (Lipinski definition) is 2. The maximum atomic E-state index is 11.8. The number of rotatable bonds is 7. The second kappa shape index (κ2) is 7.28. The number of sulfonamides is 1. The summed E-state index contributed by atoms with van der Waals surface area (Å²) in [6.07, 6.45) is 6.96. The monoisotopic (exact) mass is 278 g/mol. The highest BCUT2D eigenvalue weighted by atomic mass is 32.2. The van der Waals surface area contributed by atoms with Crippen molar-refractivity contribution in [3.05, 3.63) is 0 Å². The van der Waals surface area contributed by atoms with E-state index in [9.17, 15) is 8.42 Å². The lowest BCUT2D eigenvalue weighted by Gasteiger charge is -2.21. The Morgan fingerprint density at radius 3 is 2.53 bits per heavy atom. The van der Waals surface area contributed by atoms with Gasteiger partial charge in [0.1, 0.15) is 0 Å². The van der Waals surface area contributed by atoms with Crippen LogP contribution in [0.3, 0.4) is 0 Å². The van der Waals surface area contributed by atoms with E-state index in [0.717, 1.165) is 12.8 Å². The molecule has 0 amide bonds. The third-order valence-corrected chi connectivity index (χ3v) is 4.86. The Kier molecular flexibility index (Phi) is 6.37. The van der Waals surface area contributed by atoms with Crippen molar-refractivity contribution in [2.75, 3.05) is 12.3 Å². The van der Waals surface area contributed by atoms with Gasteiger partial charge in [0.15, 0.2) is 0 Å². The molecule has 0 atom stereocenters. The van der Waals surface area contributed by atoms with Crippen LogP contribution in [0.5, 0.6) is 0 Å². The number of nitrogens with one attached hydrogen (secondary N) is 1. The van der Waals surface area contributed by atoms with Crippen LogP contribution in [0.2, 0.25) is 0 Å². The van der Waals surface area contributed by atoms with Crippen LogP contribution in [0.25, 0.3) is 0 Å². The van der Waals surface area contributed by atoms with Crippen molar-refractivity contribution >= 4 is 27.2 Å². The van der Waals surface area contributed by atoms with E-state index in [2.05, 4.69) is 4.72 Å². The van der Waals surface area contributed by atoms with Gasteiger partial charge in [-0.1, -0.05) is 31.5 Å². The molecule has 0 aromatic carbocycles. The fraction of sp³-hybridized carbons (Fsp3) is 0.909. The van der Waals surface area contributed by atoms with Crippen LogP contribution < -0.4 is 10.5 Å². The topological polar surface area (TPSA) is 72.2 Å². The van der Waals surface area contributed by atoms with Gasteiger partial charge in [-0.2, -0.15) is 0 Å². The van der Waals surface area contributed by atoms with Crippen LogP contribution in [0.15, 0.2) is 0 Å². The summed E-state index contributed by atoms with van der Waals surface area (Å²) in [5, 5.41) is 0. The van der Waals surface area contributed by atoms with Gasteiger partial charge in [-0.05, 0) is 31.6 Å². The van der Waals surface area contributed by atoms with E-state index < -0.39 is 10.0 Å². The molecule has 17 heavy (non-hydrogen) atoms. The molecule has 0 aliphatic heterocycles. The molecule has 0 aromatic heterocycles. The lowest BCUT2D eigenvalue weighted by molar-refractivity contribution is 0.384. The quantitative estimate of drug-likeness (QED) is 0.547. The maximum absolute atomic E-state index is 11.8. The summed E-state index contributed by atoms with van der Waals surface area (Å²) in [6, 6.07) is 0. The van der Waals surface area contributed by atoms with Crippen molar-refractivity contribution in [3.63, 3.8) is 0 Å². The van der Waals surface area contributed by atoms with Crippen molar-refractivity contribution in [1.82, 2.24) is 4.72 Å². The highest BCUT2D eigenvalue weighted by molar-refractivity contribution is 7.89. The Morgan fingerprint density at radius 1 is 1.29 bits per heavy atom. The Balaban J connectivity index is 2.22. The molecule has 1 aliphatic carbocycles. The number of hydrogen-bond acceptors (Lipinski definition) is 3. The number of thiocarbonyl (C=S) groups is 1. The molecule has 6 heteroatoms. The fourth-order valence-electron chi connectivity index (χ4n) is 2.21. The Hall–Kier alpha value is -0.200. The van der Waals surface area contributed by atoms with Gasteiger partial charge < -0.3 is 5.73 Å².